The zero-order valence-electron chi connectivity index (χ0n) is 14.9. The van der Waals surface area contributed by atoms with Crippen LogP contribution < -0.4 is 16.0 Å². The highest BCUT2D eigenvalue weighted by Gasteiger charge is 2.23. The number of amides is 3. The molecule has 3 amide bonds. The van der Waals surface area contributed by atoms with E-state index in [0.29, 0.717) is 35.5 Å². The Kier molecular flexibility index (Phi) is 4.67. The van der Waals surface area contributed by atoms with E-state index in [1.807, 2.05) is 6.07 Å². The molecule has 0 radical (unpaired) electrons. The molecule has 0 saturated heterocycles. The van der Waals surface area contributed by atoms with Crippen molar-refractivity contribution >= 4 is 23.3 Å². The summed E-state index contributed by atoms with van der Waals surface area (Å²) in [7, 11) is 0. The number of urea groups is 1. The van der Waals surface area contributed by atoms with Crippen LogP contribution in [0.25, 0.3) is 11.4 Å². The van der Waals surface area contributed by atoms with E-state index in [1.54, 1.807) is 12.1 Å². The number of primary amides is 1. The third-order valence-electron chi connectivity index (χ3n) is 4.54. The lowest BCUT2D eigenvalue weighted by Crippen LogP contribution is -2.34. The number of benzene rings is 2. The van der Waals surface area contributed by atoms with Crippen LogP contribution in [0.3, 0.4) is 0 Å². The molecule has 0 fully saturated rings. The molecule has 0 aliphatic carbocycles. The number of anilines is 2. The van der Waals surface area contributed by atoms with Crippen LogP contribution in [0.15, 0.2) is 47.0 Å². The molecular weight excluding hydrogens is 384 g/mol. The van der Waals surface area contributed by atoms with Crippen molar-refractivity contribution in [3.05, 3.63) is 59.5 Å². The SMILES string of the molecule is NC(=O)N1CCc2ccc(NC(=O)c3ccc(-c4noc(C(F)F)n4)cc3)cc21. The van der Waals surface area contributed by atoms with Gasteiger partial charge < -0.3 is 15.6 Å². The Morgan fingerprint density at radius 3 is 2.59 bits per heavy atom. The lowest BCUT2D eigenvalue weighted by atomic mass is 10.1. The van der Waals surface area contributed by atoms with Crippen molar-refractivity contribution in [1.82, 2.24) is 10.1 Å². The van der Waals surface area contributed by atoms with Gasteiger partial charge in [0.1, 0.15) is 0 Å². The van der Waals surface area contributed by atoms with E-state index < -0.39 is 18.3 Å². The summed E-state index contributed by atoms with van der Waals surface area (Å²) in [6, 6.07) is 10.9. The van der Waals surface area contributed by atoms with Gasteiger partial charge in [-0.25, -0.2) is 4.79 Å². The van der Waals surface area contributed by atoms with E-state index in [4.69, 9.17) is 5.73 Å². The maximum atomic E-state index is 12.5. The summed E-state index contributed by atoms with van der Waals surface area (Å²) in [6.07, 6.45) is -2.14. The minimum atomic E-state index is -2.85. The van der Waals surface area contributed by atoms with Crippen LogP contribution in [0.1, 0.15) is 28.2 Å². The van der Waals surface area contributed by atoms with E-state index >= 15 is 0 Å². The molecule has 1 aliphatic rings. The first-order chi connectivity index (χ1) is 13.9. The number of carbonyl (C=O) groups excluding carboxylic acids is 2. The molecule has 0 unspecified atom stereocenters. The Bertz CT molecular complexity index is 1080. The summed E-state index contributed by atoms with van der Waals surface area (Å²) in [5, 5.41) is 6.25. The Morgan fingerprint density at radius 1 is 1.17 bits per heavy atom. The summed E-state index contributed by atoms with van der Waals surface area (Å²) < 4.78 is 29.6. The lowest BCUT2D eigenvalue weighted by molar-refractivity contribution is 0.102. The second kappa shape index (κ2) is 7.30. The van der Waals surface area contributed by atoms with Crippen molar-refractivity contribution in [3.63, 3.8) is 0 Å². The van der Waals surface area contributed by atoms with Crippen molar-refractivity contribution in [2.45, 2.75) is 12.8 Å². The van der Waals surface area contributed by atoms with E-state index in [2.05, 4.69) is 20.0 Å². The molecule has 0 atom stereocenters. The first kappa shape index (κ1) is 18.5. The van der Waals surface area contributed by atoms with Crippen molar-refractivity contribution in [2.24, 2.45) is 5.73 Å². The number of hydrogen-bond donors (Lipinski definition) is 2. The van der Waals surface area contributed by atoms with Crippen LogP contribution >= 0.6 is 0 Å². The predicted octanol–water partition coefficient (Wildman–Crippen LogP) is 3.37. The van der Waals surface area contributed by atoms with Gasteiger partial charge in [-0.15, -0.1) is 0 Å². The zero-order chi connectivity index (χ0) is 20.5. The highest BCUT2D eigenvalue weighted by molar-refractivity contribution is 6.05. The molecule has 3 N–H and O–H groups in total. The first-order valence-corrected chi connectivity index (χ1v) is 8.66. The third-order valence-corrected chi connectivity index (χ3v) is 4.54. The molecule has 10 heteroatoms. The maximum absolute atomic E-state index is 12.5. The van der Waals surface area contributed by atoms with Crippen molar-refractivity contribution < 1.29 is 22.9 Å². The normalized spacial score (nSPS) is 12.9. The Balaban J connectivity index is 1.49. The quantitative estimate of drug-likeness (QED) is 0.698. The van der Waals surface area contributed by atoms with Gasteiger partial charge in [0.2, 0.25) is 5.82 Å². The summed E-state index contributed by atoms with van der Waals surface area (Å²) in [5.74, 6) is -1.12. The number of carbonyl (C=O) groups is 2. The van der Waals surface area contributed by atoms with Gasteiger partial charge in [0.15, 0.2) is 0 Å². The minimum Gasteiger partial charge on any atom is -0.351 e. The molecule has 4 rings (SSSR count). The average molecular weight is 399 g/mol. The van der Waals surface area contributed by atoms with E-state index in [0.717, 1.165) is 5.56 Å². The topological polar surface area (TPSA) is 114 Å². The first-order valence-electron chi connectivity index (χ1n) is 8.66. The molecule has 2 aromatic carbocycles. The highest BCUT2D eigenvalue weighted by atomic mass is 19.3. The summed E-state index contributed by atoms with van der Waals surface area (Å²) in [5.41, 5.74) is 8.34. The van der Waals surface area contributed by atoms with Crippen LogP contribution in [0, 0.1) is 0 Å². The van der Waals surface area contributed by atoms with Gasteiger partial charge in [0.05, 0.1) is 5.69 Å². The molecule has 0 spiro atoms. The Hall–Kier alpha value is -3.82. The van der Waals surface area contributed by atoms with Gasteiger partial charge in [0, 0.05) is 23.4 Å². The summed E-state index contributed by atoms with van der Waals surface area (Å²) >= 11 is 0. The van der Waals surface area contributed by atoms with Gasteiger partial charge in [-0.3, -0.25) is 9.69 Å². The van der Waals surface area contributed by atoms with Crippen LogP contribution in [0.4, 0.5) is 25.0 Å². The number of halogens is 2. The molecule has 148 valence electrons. The second-order valence-corrected chi connectivity index (χ2v) is 6.37. The minimum absolute atomic E-state index is 0.0115. The number of fused-ring (bicyclic) bond motifs is 1. The third kappa shape index (κ3) is 3.64. The number of rotatable bonds is 4. The van der Waals surface area contributed by atoms with Gasteiger partial charge >= 0.3 is 12.5 Å². The number of alkyl halides is 2. The molecule has 8 nitrogen and oxygen atoms in total. The van der Waals surface area contributed by atoms with Crippen LogP contribution in [0.5, 0.6) is 0 Å². The van der Waals surface area contributed by atoms with Crippen molar-refractivity contribution in [2.75, 3.05) is 16.8 Å². The molecule has 3 aromatic rings. The average Bonchev–Trinajstić information content (AvgIpc) is 3.35. The predicted molar refractivity (Wildman–Crippen MR) is 99.7 cm³/mol. The van der Waals surface area contributed by atoms with Crippen LogP contribution in [-0.2, 0) is 6.42 Å². The van der Waals surface area contributed by atoms with Crippen molar-refractivity contribution in [1.29, 1.82) is 0 Å². The van der Waals surface area contributed by atoms with Crippen LogP contribution in [0.2, 0.25) is 0 Å². The molecular formula is C19H15F2N5O3. The fraction of sp³-hybridized carbons (Fsp3) is 0.158. The molecule has 29 heavy (non-hydrogen) atoms. The number of nitrogens with one attached hydrogen (secondary N) is 1. The zero-order valence-corrected chi connectivity index (χ0v) is 14.9. The number of nitrogens with two attached hydrogens (primary N) is 1. The monoisotopic (exact) mass is 399 g/mol. The molecule has 2 heterocycles. The van der Waals surface area contributed by atoms with Crippen molar-refractivity contribution in [3.8, 4) is 11.4 Å². The summed E-state index contributed by atoms with van der Waals surface area (Å²) in [4.78, 5) is 29.1. The van der Waals surface area contributed by atoms with E-state index in [-0.39, 0.29) is 11.7 Å². The van der Waals surface area contributed by atoms with Crippen LogP contribution in [-0.4, -0.2) is 28.6 Å². The second-order valence-electron chi connectivity index (χ2n) is 6.37. The van der Waals surface area contributed by atoms with Gasteiger partial charge in [-0.05, 0) is 36.2 Å². The van der Waals surface area contributed by atoms with E-state index in [9.17, 15) is 18.4 Å². The van der Waals surface area contributed by atoms with E-state index in [1.165, 1.54) is 29.2 Å². The smallest absolute Gasteiger partial charge is 0.319 e. The number of nitrogens with zero attached hydrogens (tertiary/aromatic N) is 3. The maximum Gasteiger partial charge on any atom is 0.319 e. The molecule has 1 aromatic heterocycles. The van der Waals surface area contributed by atoms with Gasteiger partial charge in [-0.1, -0.05) is 23.4 Å². The van der Waals surface area contributed by atoms with Gasteiger partial charge in [-0.2, -0.15) is 13.8 Å². The lowest BCUT2D eigenvalue weighted by Gasteiger charge is -2.15. The fourth-order valence-electron chi connectivity index (χ4n) is 3.10. The number of hydrogen-bond acceptors (Lipinski definition) is 5. The highest BCUT2D eigenvalue weighted by Crippen LogP contribution is 2.31. The van der Waals surface area contributed by atoms with Gasteiger partial charge in [0.25, 0.3) is 11.8 Å². The standard InChI is InChI=1S/C19H15F2N5O3/c20-15(21)18-24-16(25-29-18)11-1-3-12(4-2-11)17(27)23-13-6-5-10-7-8-26(19(22)28)14(10)9-13/h1-6,9,15H,7-8H2,(H2,22,28)(H,23,27). The Morgan fingerprint density at radius 2 is 1.93 bits per heavy atom. The molecule has 0 saturated carbocycles. The fourth-order valence-corrected chi connectivity index (χ4v) is 3.10. The summed E-state index contributed by atoms with van der Waals surface area (Å²) in [6.45, 7) is 0.507. The largest absolute Gasteiger partial charge is 0.351 e. The molecule has 0 bridgehead atoms. The number of aromatic nitrogens is 2. The Labute approximate surface area is 163 Å². The molecule has 1 aliphatic heterocycles.